The van der Waals surface area contributed by atoms with Gasteiger partial charge in [0.25, 0.3) is 0 Å². The van der Waals surface area contributed by atoms with Crippen LogP contribution in [0.15, 0.2) is 45.8 Å². The molecule has 3 aromatic heterocycles. The molecule has 0 saturated heterocycles. The molecule has 0 atom stereocenters. The average molecular weight is 457 g/mol. The number of rotatable bonds is 4. The molecule has 4 heterocycles. The van der Waals surface area contributed by atoms with Crippen molar-refractivity contribution in [1.29, 1.82) is 5.26 Å². The summed E-state index contributed by atoms with van der Waals surface area (Å²) < 4.78 is 8.67. The number of imidazole rings is 1. The van der Waals surface area contributed by atoms with Gasteiger partial charge in [0, 0.05) is 50.8 Å². The average Bonchev–Trinajstić information content (AvgIpc) is 3.36. The molecule has 1 aromatic carbocycles. The summed E-state index contributed by atoms with van der Waals surface area (Å²) in [5.74, 6) is 0.971. The number of hydrogen-bond donors (Lipinski definition) is 0. The molecule has 5 rings (SSSR count). The number of nitriles is 1. The van der Waals surface area contributed by atoms with Gasteiger partial charge in [-0.25, -0.2) is 9.78 Å². The smallest absolute Gasteiger partial charge is 0.330 e. The molecule has 4 aromatic rings. The highest BCUT2D eigenvalue weighted by Crippen LogP contribution is 2.28. The highest BCUT2D eigenvalue weighted by atomic mass is 16.5. The van der Waals surface area contributed by atoms with Crippen molar-refractivity contribution in [1.82, 2.24) is 24.2 Å². The number of hydrogen-bond acceptors (Lipinski definition) is 6. The van der Waals surface area contributed by atoms with Gasteiger partial charge in [0.2, 0.25) is 0 Å². The highest BCUT2D eigenvalue weighted by molar-refractivity contribution is 5.78. The van der Waals surface area contributed by atoms with E-state index in [1.54, 1.807) is 22.4 Å². The second-order valence-electron chi connectivity index (χ2n) is 10.3. The molecule has 0 N–H and O–H groups in total. The van der Waals surface area contributed by atoms with Gasteiger partial charge in [0.15, 0.2) is 5.65 Å². The summed E-state index contributed by atoms with van der Waals surface area (Å²) in [7, 11) is 1.75. The first-order valence-corrected chi connectivity index (χ1v) is 11.5. The van der Waals surface area contributed by atoms with Crippen molar-refractivity contribution in [2.75, 3.05) is 6.54 Å². The van der Waals surface area contributed by atoms with Gasteiger partial charge in [-0.2, -0.15) is 5.26 Å². The van der Waals surface area contributed by atoms with Crippen molar-refractivity contribution in [2.45, 2.75) is 46.8 Å². The molecular formula is C26H28N6O2. The van der Waals surface area contributed by atoms with E-state index in [1.807, 2.05) is 30.3 Å². The fourth-order valence-electron chi connectivity index (χ4n) is 4.64. The van der Waals surface area contributed by atoms with Crippen LogP contribution in [0.25, 0.3) is 22.4 Å². The first-order chi connectivity index (χ1) is 16.2. The maximum atomic E-state index is 12.9. The van der Waals surface area contributed by atoms with E-state index in [4.69, 9.17) is 9.51 Å². The minimum atomic E-state index is -0.0814. The summed E-state index contributed by atoms with van der Waals surface area (Å²) in [6, 6.07) is 12.0. The molecule has 0 spiro atoms. The Balaban J connectivity index is 1.50. The van der Waals surface area contributed by atoms with Crippen molar-refractivity contribution in [3.63, 3.8) is 0 Å². The summed E-state index contributed by atoms with van der Waals surface area (Å²) >= 11 is 0. The molecule has 0 aliphatic carbocycles. The molecule has 0 bridgehead atoms. The van der Waals surface area contributed by atoms with Crippen LogP contribution in [0.5, 0.6) is 0 Å². The van der Waals surface area contributed by atoms with Crippen molar-refractivity contribution in [3.05, 3.63) is 69.5 Å². The Labute approximate surface area is 198 Å². The van der Waals surface area contributed by atoms with Gasteiger partial charge < -0.3 is 4.52 Å². The minimum Gasteiger partial charge on any atom is -0.361 e. The number of pyridine rings is 1. The zero-order valence-electron chi connectivity index (χ0n) is 20.0. The van der Waals surface area contributed by atoms with Crippen LogP contribution < -0.4 is 5.69 Å². The van der Waals surface area contributed by atoms with E-state index in [1.165, 1.54) is 0 Å². The molecule has 8 heteroatoms. The van der Waals surface area contributed by atoms with Crippen LogP contribution in [0.4, 0.5) is 0 Å². The van der Waals surface area contributed by atoms with Crippen LogP contribution in [0.3, 0.4) is 0 Å². The molecule has 1 aliphatic rings. The normalized spacial score (nSPS) is 14.3. The summed E-state index contributed by atoms with van der Waals surface area (Å²) in [6.45, 7) is 9.37. The molecule has 174 valence electrons. The summed E-state index contributed by atoms with van der Waals surface area (Å²) in [5.41, 5.74) is 5.58. The Morgan fingerprint density at radius 3 is 2.79 bits per heavy atom. The van der Waals surface area contributed by atoms with E-state index in [2.05, 4.69) is 36.9 Å². The monoisotopic (exact) mass is 456 g/mol. The fraction of sp³-hybridized carbons (Fsp3) is 0.385. The van der Waals surface area contributed by atoms with Crippen molar-refractivity contribution in [3.8, 4) is 17.3 Å². The second kappa shape index (κ2) is 8.26. The first-order valence-electron chi connectivity index (χ1n) is 11.5. The predicted octanol–water partition coefficient (Wildman–Crippen LogP) is 3.87. The standard InChI is InChI=1S/C26H28N6O2/c1-26(2,3)16-32-22-8-7-21(29-24(22)30(4)25(32)33)20-11-17(5-6-18(20)12-27)14-31-10-9-23-19(15-31)13-28-34-23/h5-8,11,13H,9-10,14-16H2,1-4H3. The van der Waals surface area contributed by atoms with Gasteiger partial charge in [-0.3, -0.25) is 14.0 Å². The molecule has 0 saturated carbocycles. The van der Waals surface area contributed by atoms with E-state index in [0.717, 1.165) is 54.0 Å². The number of aryl methyl sites for hydroxylation is 1. The topological polar surface area (TPSA) is 92.9 Å². The van der Waals surface area contributed by atoms with Crippen LogP contribution in [-0.2, 0) is 33.1 Å². The lowest BCUT2D eigenvalue weighted by Crippen LogP contribution is -2.29. The zero-order chi connectivity index (χ0) is 24.0. The second-order valence-corrected chi connectivity index (χ2v) is 10.3. The van der Waals surface area contributed by atoms with Gasteiger partial charge in [-0.1, -0.05) is 32.0 Å². The lowest BCUT2D eigenvalue weighted by atomic mass is 9.97. The van der Waals surface area contributed by atoms with Gasteiger partial charge in [0.05, 0.1) is 29.0 Å². The Kier molecular flexibility index (Phi) is 5.37. The van der Waals surface area contributed by atoms with Gasteiger partial charge >= 0.3 is 5.69 Å². The third-order valence-corrected chi connectivity index (χ3v) is 6.28. The van der Waals surface area contributed by atoms with Crippen LogP contribution in [0, 0.1) is 16.7 Å². The Morgan fingerprint density at radius 2 is 2.03 bits per heavy atom. The summed E-state index contributed by atoms with van der Waals surface area (Å²) in [4.78, 5) is 20.1. The third kappa shape index (κ3) is 4.03. The lowest BCUT2D eigenvalue weighted by molar-refractivity contribution is 0.228. The number of nitrogens with zero attached hydrogens (tertiary/aromatic N) is 6. The van der Waals surface area contributed by atoms with Gasteiger partial charge in [-0.05, 0) is 35.2 Å². The molecule has 0 amide bonds. The number of fused-ring (bicyclic) bond motifs is 2. The lowest BCUT2D eigenvalue weighted by Gasteiger charge is -2.25. The maximum Gasteiger partial charge on any atom is 0.330 e. The van der Waals surface area contributed by atoms with Crippen LogP contribution in [0.1, 0.15) is 43.2 Å². The molecule has 1 aliphatic heterocycles. The zero-order valence-corrected chi connectivity index (χ0v) is 20.0. The van der Waals surface area contributed by atoms with Crippen molar-refractivity contribution >= 4 is 11.2 Å². The minimum absolute atomic E-state index is 0.0408. The first kappa shape index (κ1) is 22.1. The molecule has 0 unspecified atom stereocenters. The Morgan fingerprint density at radius 1 is 1.21 bits per heavy atom. The molecular weight excluding hydrogens is 428 g/mol. The van der Waals surface area contributed by atoms with Gasteiger partial charge in [0.1, 0.15) is 5.76 Å². The number of benzene rings is 1. The Bertz CT molecular complexity index is 1480. The van der Waals surface area contributed by atoms with E-state index >= 15 is 0 Å². The van der Waals surface area contributed by atoms with Crippen molar-refractivity contribution in [2.24, 2.45) is 12.5 Å². The van der Waals surface area contributed by atoms with E-state index in [-0.39, 0.29) is 11.1 Å². The molecule has 0 fully saturated rings. The molecule has 8 nitrogen and oxygen atoms in total. The third-order valence-electron chi connectivity index (χ3n) is 6.28. The fourth-order valence-corrected chi connectivity index (χ4v) is 4.64. The maximum absolute atomic E-state index is 12.9. The predicted molar refractivity (Wildman–Crippen MR) is 129 cm³/mol. The highest BCUT2D eigenvalue weighted by Gasteiger charge is 2.21. The van der Waals surface area contributed by atoms with Gasteiger partial charge in [-0.15, -0.1) is 0 Å². The van der Waals surface area contributed by atoms with Crippen LogP contribution in [0.2, 0.25) is 0 Å². The molecule has 34 heavy (non-hydrogen) atoms. The van der Waals surface area contributed by atoms with E-state index < -0.39 is 0 Å². The largest absolute Gasteiger partial charge is 0.361 e. The SMILES string of the molecule is Cn1c(=O)n(CC(C)(C)C)c2ccc(-c3cc(CN4CCc5oncc5C4)ccc3C#N)nc21. The quantitative estimate of drug-likeness (QED) is 0.463. The molecule has 0 radical (unpaired) electrons. The van der Waals surface area contributed by atoms with E-state index in [0.29, 0.717) is 23.4 Å². The summed E-state index contributed by atoms with van der Waals surface area (Å²) in [6.07, 6.45) is 2.64. The Hall–Kier alpha value is -3.70. The van der Waals surface area contributed by atoms with E-state index in [9.17, 15) is 10.1 Å². The van der Waals surface area contributed by atoms with Crippen LogP contribution >= 0.6 is 0 Å². The van der Waals surface area contributed by atoms with Crippen LogP contribution in [-0.4, -0.2) is 30.7 Å². The van der Waals surface area contributed by atoms with Crippen molar-refractivity contribution < 1.29 is 4.52 Å². The summed E-state index contributed by atoms with van der Waals surface area (Å²) in [5, 5.41) is 13.7. The number of aromatic nitrogens is 4.